The van der Waals surface area contributed by atoms with Crippen LogP contribution in [0.15, 0.2) is 49.0 Å². The van der Waals surface area contributed by atoms with Crippen molar-refractivity contribution in [3.8, 4) is 0 Å². The quantitative estimate of drug-likeness (QED) is 0.795. The standard InChI is InChI=1S/C13H19N3.2C2H6/c1-3-5-12(6-4-2)10-16-11-15-9-13(16)7-8-14;2*1-2/h3-6,9,11H,1,7-8,10,14H2,2H3;2*1-2H3/b6-4-,12-5+;;. The molecule has 0 saturated heterocycles. The highest BCUT2D eigenvalue weighted by molar-refractivity contribution is 5.23. The third kappa shape index (κ3) is 8.48. The molecular formula is C17H31N3. The summed E-state index contributed by atoms with van der Waals surface area (Å²) in [5, 5.41) is 0. The van der Waals surface area contributed by atoms with Crippen LogP contribution in [0.4, 0.5) is 0 Å². The maximum Gasteiger partial charge on any atom is 0.0951 e. The van der Waals surface area contributed by atoms with E-state index in [1.54, 1.807) is 6.08 Å². The van der Waals surface area contributed by atoms with Crippen molar-refractivity contribution in [1.82, 2.24) is 9.55 Å². The van der Waals surface area contributed by atoms with E-state index in [0.717, 1.165) is 13.0 Å². The van der Waals surface area contributed by atoms with Crippen molar-refractivity contribution in [3.05, 3.63) is 54.7 Å². The predicted octanol–water partition coefficient (Wildman–Crippen LogP) is 4.13. The SMILES string of the molecule is C=C/C=C(\C=C/C)Cn1cncc1CCN.CC.CC. The average molecular weight is 277 g/mol. The summed E-state index contributed by atoms with van der Waals surface area (Å²) < 4.78 is 2.11. The Balaban J connectivity index is 0. The van der Waals surface area contributed by atoms with E-state index in [1.165, 1.54) is 11.3 Å². The second-order valence-corrected chi connectivity index (χ2v) is 3.53. The Morgan fingerprint density at radius 3 is 2.50 bits per heavy atom. The Kier molecular flexibility index (Phi) is 16.0. The van der Waals surface area contributed by atoms with Gasteiger partial charge in [0.05, 0.1) is 6.33 Å². The highest BCUT2D eigenvalue weighted by Crippen LogP contribution is 2.07. The van der Waals surface area contributed by atoms with E-state index >= 15 is 0 Å². The number of imidazole rings is 1. The summed E-state index contributed by atoms with van der Waals surface area (Å²) in [6.07, 6.45) is 12.5. The minimum Gasteiger partial charge on any atom is -0.330 e. The zero-order chi connectivity index (χ0) is 15.8. The van der Waals surface area contributed by atoms with Crippen LogP contribution in [0.1, 0.15) is 40.3 Å². The lowest BCUT2D eigenvalue weighted by Crippen LogP contribution is -2.09. The monoisotopic (exact) mass is 277 g/mol. The fourth-order valence-electron chi connectivity index (χ4n) is 1.57. The Bertz CT molecular complexity index is 387. The topological polar surface area (TPSA) is 43.8 Å². The van der Waals surface area contributed by atoms with Crippen molar-refractivity contribution in [1.29, 1.82) is 0 Å². The molecule has 20 heavy (non-hydrogen) atoms. The number of nitrogens with zero attached hydrogens (tertiary/aromatic N) is 2. The van der Waals surface area contributed by atoms with Gasteiger partial charge in [0.1, 0.15) is 0 Å². The molecule has 0 amide bonds. The van der Waals surface area contributed by atoms with E-state index in [4.69, 9.17) is 5.73 Å². The molecule has 1 aromatic rings. The largest absolute Gasteiger partial charge is 0.330 e. The first kappa shape index (κ1) is 20.7. The molecule has 0 saturated carbocycles. The van der Waals surface area contributed by atoms with Gasteiger partial charge >= 0.3 is 0 Å². The fourth-order valence-corrected chi connectivity index (χ4v) is 1.57. The Morgan fingerprint density at radius 2 is 2.00 bits per heavy atom. The zero-order valence-electron chi connectivity index (χ0n) is 13.8. The van der Waals surface area contributed by atoms with Crippen LogP contribution in [-0.4, -0.2) is 16.1 Å². The summed E-state index contributed by atoms with van der Waals surface area (Å²) in [6.45, 7) is 15.2. The second kappa shape index (κ2) is 15.4. The van der Waals surface area contributed by atoms with Crippen LogP contribution in [0.2, 0.25) is 0 Å². The third-order valence-corrected chi connectivity index (χ3v) is 2.26. The van der Waals surface area contributed by atoms with E-state index in [-0.39, 0.29) is 0 Å². The number of nitrogens with two attached hydrogens (primary N) is 1. The van der Waals surface area contributed by atoms with Crippen LogP contribution in [0.5, 0.6) is 0 Å². The van der Waals surface area contributed by atoms with Gasteiger partial charge in [0, 0.05) is 24.9 Å². The summed E-state index contributed by atoms with van der Waals surface area (Å²) in [5.41, 5.74) is 7.92. The molecular weight excluding hydrogens is 246 g/mol. The molecule has 0 spiro atoms. The molecule has 2 N–H and O–H groups in total. The maximum absolute atomic E-state index is 5.55. The van der Waals surface area contributed by atoms with E-state index in [2.05, 4.69) is 22.2 Å². The molecule has 114 valence electrons. The second-order valence-electron chi connectivity index (χ2n) is 3.53. The van der Waals surface area contributed by atoms with Crippen LogP contribution in [0, 0.1) is 0 Å². The number of hydrogen-bond donors (Lipinski definition) is 1. The van der Waals surface area contributed by atoms with Crippen LogP contribution in [0.3, 0.4) is 0 Å². The van der Waals surface area contributed by atoms with E-state index in [1.807, 2.05) is 59.3 Å². The first-order valence-corrected chi connectivity index (χ1v) is 7.45. The summed E-state index contributed by atoms with van der Waals surface area (Å²) >= 11 is 0. The summed E-state index contributed by atoms with van der Waals surface area (Å²) in [4.78, 5) is 4.14. The summed E-state index contributed by atoms with van der Waals surface area (Å²) in [6, 6.07) is 0. The molecule has 0 bridgehead atoms. The normalized spacial score (nSPS) is 10.4. The van der Waals surface area contributed by atoms with Crippen LogP contribution in [0.25, 0.3) is 0 Å². The van der Waals surface area contributed by atoms with Crippen molar-refractivity contribution in [2.45, 2.75) is 47.6 Å². The smallest absolute Gasteiger partial charge is 0.0951 e. The molecule has 0 aromatic carbocycles. The highest BCUT2D eigenvalue weighted by atomic mass is 15.0. The van der Waals surface area contributed by atoms with Gasteiger partial charge in [0.25, 0.3) is 0 Å². The number of hydrogen-bond acceptors (Lipinski definition) is 2. The van der Waals surface area contributed by atoms with Gasteiger partial charge in [-0.1, -0.05) is 58.6 Å². The van der Waals surface area contributed by atoms with E-state index in [0.29, 0.717) is 6.54 Å². The molecule has 1 heterocycles. The highest BCUT2D eigenvalue weighted by Gasteiger charge is 2.01. The number of allylic oxidation sites excluding steroid dienone is 5. The molecule has 1 rings (SSSR count). The molecule has 0 fully saturated rings. The van der Waals surface area contributed by atoms with Crippen molar-refractivity contribution in [2.24, 2.45) is 5.73 Å². The lowest BCUT2D eigenvalue weighted by Gasteiger charge is -2.07. The van der Waals surface area contributed by atoms with Crippen LogP contribution >= 0.6 is 0 Å². The van der Waals surface area contributed by atoms with E-state index < -0.39 is 0 Å². The summed E-state index contributed by atoms with van der Waals surface area (Å²) in [5.74, 6) is 0. The minimum absolute atomic E-state index is 0.649. The molecule has 0 radical (unpaired) electrons. The van der Waals surface area contributed by atoms with Gasteiger partial charge in [-0.05, 0) is 19.0 Å². The Labute approximate surface area is 124 Å². The van der Waals surface area contributed by atoms with Gasteiger partial charge in [0.15, 0.2) is 0 Å². The van der Waals surface area contributed by atoms with E-state index in [9.17, 15) is 0 Å². The lowest BCUT2D eigenvalue weighted by atomic mass is 10.2. The maximum atomic E-state index is 5.55. The fraction of sp³-hybridized carbons (Fsp3) is 0.471. The molecule has 0 atom stereocenters. The lowest BCUT2D eigenvalue weighted by molar-refractivity contribution is 0.732. The van der Waals surface area contributed by atoms with Gasteiger partial charge in [0.2, 0.25) is 0 Å². The Hall–Kier alpha value is -1.61. The van der Waals surface area contributed by atoms with Crippen molar-refractivity contribution in [2.75, 3.05) is 6.54 Å². The molecule has 0 aliphatic carbocycles. The molecule has 0 unspecified atom stereocenters. The predicted molar refractivity (Wildman–Crippen MR) is 90.8 cm³/mol. The molecule has 0 aliphatic heterocycles. The molecule has 3 heteroatoms. The van der Waals surface area contributed by atoms with Gasteiger partial charge < -0.3 is 10.3 Å². The van der Waals surface area contributed by atoms with Crippen LogP contribution < -0.4 is 5.73 Å². The van der Waals surface area contributed by atoms with Crippen molar-refractivity contribution in [3.63, 3.8) is 0 Å². The number of aromatic nitrogens is 2. The van der Waals surface area contributed by atoms with Gasteiger partial charge in [-0.2, -0.15) is 0 Å². The first-order chi connectivity index (χ1) is 9.81. The average Bonchev–Trinajstić information content (AvgIpc) is 2.92. The van der Waals surface area contributed by atoms with Crippen molar-refractivity contribution < 1.29 is 0 Å². The van der Waals surface area contributed by atoms with Crippen LogP contribution in [-0.2, 0) is 13.0 Å². The molecule has 1 aromatic heterocycles. The zero-order valence-corrected chi connectivity index (χ0v) is 13.8. The minimum atomic E-state index is 0.649. The van der Waals surface area contributed by atoms with Crippen molar-refractivity contribution >= 4 is 0 Å². The van der Waals surface area contributed by atoms with Gasteiger partial charge in [-0.3, -0.25) is 0 Å². The van der Waals surface area contributed by atoms with Gasteiger partial charge in [-0.25, -0.2) is 4.98 Å². The number of rotatable bonds is 6. The Morgan fingerprint density at radius 1 is 1.35 bits per heavy atom. The van der Waals surface area contributed by atoms with Gasteiger partial charge in [-0.15, -0.1) is 0 Å². The summed E-state index contributed by atoms with van der Waals surface area (Å²) in [7, 11) is 0. The molecule has 0 aliphatic rings. The first-order valence-electron chi connectivity index (χ1n) is 7.45. The molecule has 3 nitrogen and oxygen atoms in total. The third-order valence-electron chi connectivity index (χ3n) is 2.26.